The van der Waals surface area contributed by atoms with Gasteiger partial charge in [-0.3, -0.25) is 9.59 Å². The molecular weight excluding hydrogens is 256 g/mol. The van der Waals surface area contributed by atoms with E-state index in [4.69, 9.17) is 0 Å². The summed E-state index contributed by atoms with van der Waals surface area (Å²) in [7, 11) is 3.93. The highest BCUT2D eigenvalue weighted by atomic mass is 16.4. The molecule has 1 amide bonds. The van der Waals surface area contributed by atoms with E-state index in [9.17, 15) is 14.7 Å². The van der Waals surface area contributed by atoms with Crippen molar-refractivity contribution in [2.75, 3.05) is 20.6 Å². The maximum Gasteiger partial charge on any atom is 0.307 e. The Morgan fingerprint density at radius 3 is 2.30 bits per heavy atom. The Bertz CT molecular complexity index is 442. The molecule has 2 rings (SSSR count). The number of aliphatic carboxylic acids is 1. The van der Waals surface area contributed by atoms with Gasteiger partial charge in [-0.1, -0.05) is 12.2 Å². The molecule has 2 aliphatic carbocycles. The number of amides is 1. The fraction of sp³-hybridized carbons (Fsp3) is 0.733. The van der Waals surface area contributed by atoms with Crippen molar-refractivity contribution in [3.8, 4) is 0 Å². The van der Waals surface area contributed by atoms with Gasteiger partial charge in [-0.25, -0.2) is 0 Å². The molecule has 0 aliphatic heterocycles. The van der Waals surface area contributed by atoms with Crippen LogP contribution in [0.4, 0.5) is 0 Å². The summed E-state index contributed by atoms with van der Waals surface area (Å²) in [6.45, 7) is 4.61. The Morgan fingerprint density at radius 2 is 1.80 bits per heavy atom. The summed E-state index contributed by atoms with van der Waals surface area (Å²) in [5.74, 6) is -1.84. The molecule has 0 spiro atoms. The monoisotopic (exact) mass is 280 g/mol. The van der Waals surface area contributed by atoms with Crippen molar-refractivity contribution >= 4 is 11.9 Å². The lowest BCUT2D eigenvalue weighted by Gasteiger charge is -2.33. The fourth-order valence-electron chi connectivity index (χ4n) is 3.10. The third-order valence-electron chi connectivity index (χ3n) is 4.95. The number of likely N-dealkylation sites (N-methyl/N-ethyl adjacent to an activating group) is 1. The molecule has 1 fully saturated rings. The lowest BCUT2D eigenvalue weighted by atomic mass is 9.82. The van der Waals surface area contributed by atoms with Gasteiger partial charge in [0, 0.05) is 12.1 Å². The molecule has 0 aromatic carbocycles. The smallest absolute Gasteiger partial charge is 0.307 e. The number of hydrogen-bond donors (Lipinski definition) is 2. The maximum atomic E-state index is 12.4. The number of fused-ring (bicyclic) bond motifs is 2. The van der Waals surface area contributed by atoms with Crippen LogP contribution in [0.2, 0.25) is 0 Å². The number of carbonyl (C=O) groups is 2. The van der Waals surface area contributed by atoms with Crippen LogP contribution in [-0.4, -0.2) is 48.1 Å². The molecule has 20 heavy (non-hydrogen) atoms. The van der Waals surface area contributed by atoms with E-state index in [0.29, 0.717) is 6.54 Å². The fourth-order valence-corrected chi connectivity index (χ4v) is 3.10. The first-order valence-corrected chi connectivity index (χ1v) is 7.10. The van der Waals surface area contributed by atoms with Crippen LogP contribution in [0.3, 0.4) is 0 Å². The van der Waals surface area contributed by atoms with Crippen molar-refractivity contribution in [2.45, 2.75) is 25.8 Å². The first kappa shape index (κ1) is 15.0. The zero-order valence-electron chi connectivity index (χ0n) is 12.6. The van der Waals surface area contributed by atoms with Crippen LogP contribution in [0.1, 0.15) is 20.3 Å². The van der Waals surface area contributed by atoms with Gasteiger partial charge in [0.1, 0.15) is 0 Å². The van der Waals surface area contributed by atoms with Crippen molar-refractivity contribution in [2.24, 2.45) is 23.7 Å². The zero-order valence-corrected chi connectivity index (χ0v) is 12.6. The van der Waals surface area contributed by atoms with Crippen LogP contribution in [0.25, 0.3) is 0 Å². The number of carbonyl (C=O) groups excluding carboxylic acids is 1. The van der Waals surface area contributed by atoms with Gasteiger partial charge in [0.15, 0.2) is 0 Å². The second kappa shape index (κ2) is 5.20. The van der Waals surface area contributed by atoms with E-state index in [0.717, 1.165) is 6.42 Å². The third-order valence-corrected chi connectivity index (χ3v) is 4.95. The van der Waals surface area contributed by atoms with Crippen LogP contribution < -0.4 is 5.32 Å². The summed E-state index contributed by atoms with van der Waals surface area (Å²) in [4.78, 5) is 25.8. The van der Waals surface area contributed by atoms with Gasteiger partial charge in [0.2, 0.25) is 5.91 Å². The standard InChI is InChI=1S/C15H24N2O3/c1-15(2,17(3)4)8-16-13(18)11-9-5-6-10(7-9)12(11)14(19)20/h5-6,9-12H,7-8H2,1-4H3,(H,16,18)(H,19,20)/t9?,10?,11-,12+/m0/s1. The summed E-state index contributed by atoms with van der Waals surface area (Å²) in [5.41, 5.74) is -0.151. The Kier molecular flexibility index (Phi) is 3.91. The van der Waals surface area contributed by atoms with Crippen molar-refractivity contribution < 1.29 is 14.7 Å². The molecule has 0 aromatic heterocycles. The number of rotatable bonds is 5. The highest BCUT2D eigenvalue weighted by molar-refractivity contribution is 5.86. The molecule has 2 unspecified atom stereocenters. The van der Waals surface area contributed by atoms with Gasteiger partial charge in [0.25, 0.3) is 0 Å². The van der Waals surface area contributed by atoms with E-state index in [-0.39, 0.29) is 23.3 Å². The average Bonchev–Trinajstić information content (AvgIpc) is 2.95. The minimum atomic E-state index is -0.853. The van der Waals surface area contributed by atoms with Gasteiger partial charge >= 0.3 is 5.97 Å². The Labute approximate surface area is 120 Å². The SMILES string of the molecule is CN(C)C(C)(C)CNC(=O)[C@H]1C2C=CC(C2)[C@H]1C(=O)O. The van der Waals surface area contributed by atoms with E-state index in [1.165, 1.54) is 0 Å². The van der Waals surface area contributed by atoms with E-state index in [1.807, 2.05) is 45.0 Å². The van der Waals surface area contributed by atoms with Crippen LogP contribution >= 0.6 is 0 Å². The van der Waals surface area contributed by atoms with Gasteiger partial charge in [-0.15, -0.1) is 0 Å². The summed E-state index contributed by atoms with van der Waals surface area (Å²) in [6, 6.07) is 0. The maximum absolute atomic E-state index is 12.4. The Hall–Kier alpha value is -1.36. The second-order valence-corrected chi connectivity index (χ2v) is 6.76. The van der Waals surface area contributed by atoms with Crippen LogP contribution in [0.15, 0.2) is 12.2 Å². The highest BCUT2D eigenvalue weighted by Gasteiger charge is 2.51. The molecule has 0 heterocycles. The molecule has 4 atom stereocenters. The molecule has 0 aromatic rings. The van der Waals surface area contributed by atoms with Gasteiger partial charge < -0.3 is 15.3 Å². The molecule has 1 saturated carbocycles. The first-order chi connectivity index (χ1) is 9.24. The molecule has 2 bridgehead atoms. The normalized spacial score (nSPS) is 31.9. The van der Waals surface area contributed by atoms with E-state index in [1.54, 1.807) is 0 Å². The van der Waals surface area contributed by atoms with Crippen molar-refractivity contribution in [1.82, 2.24) is 10.2 Å². The molecule has 112 valence electrons. The summed E-state index contributed by atoms with van der Waals surface area (Å²) < 4.78 is 0. The Morgan fingerprint density at radius 1 is 1.25 bits per heavy atom. The number of carboxylic acid groups (broad SMARTS) is 1. The number of nitrogens with zero attached hydrogens (tertiary/aromatic N) is 1. The predicted molar refractivity (Wildman–Crippen MR) is 76.1 cm³/mol. The lowest BCUT2D eigenvalue weighted by molar-refractivity contribution is -0.147. The van der Waals surface area contributed by atoms with E-state index in [2.05, 4.69) is 5.32 Å². The largest absolute Gasteiger partial charge is 0.481 e. The molecule has 0 saturated heterocycles. The highest BCUT2D eigenvalue weighted by Crippen LogP contribution is 2.48. The summed E-state index contributed by atoms with van der Waals surface area (Å²) in [6.07, 6.45) is 4.76. The lowest BCUT2D eigenvalue weighted by Crippen LogP contribution is -2.50. The molecular formula is C15H24N2O3. The molecule has 5 nitrogen and oxygen atoms in total. The zero-order chi connectivity index (χ0) is 15.1. The minimum absolute atomic E-state index is 0.0232. The van der Waals surface area contributed by atoms with Crippen LogP contribution in [-0.2, 0) is 9.59 Å². The number of carboxylic acids is 1. The number of nitrogens with one attached hydrogen (secondary N) is 1. The first-order valence-electron chi connectivity index (χ1n) is 7.10. The minimum Gasteiger partial charge on any atom is -0.481 e. The topological polar surface area (TPSA) is 69.6 Å². The van der Waals surface area contributed by atoms with E-state index >= 15 is 0 Å². The van der Waals surface area contributed by atoms with E-state index < -0.39 is 17.8 Å². The van der Waals surface area contributed by atoms with Crippen LogP contribution in [0, 0.1) is 23.7 Å². The summed E-state index contributed by atoms with van der Waals surface area (Å²) in [5, 5.41) is 12.3. The molecule has 0 radical (unpaired) electrons. The summed E-state index contributed by atoms with van der Waals surface area (Å²) >= 11 is 0. The van der Waals surface area contributed by atoms with Gasteiger partial charge in [-0.2, -0.15) is 0 Å². The number of hydrogen-bond acceptors (Lipinski definition) is 3. The van der Waals surface area contributed by atoms with Crippen molar-refractivity contribution in [3.05, 3.63) is 12.2 Å². The van der Waals surface area contributed by atoms with Crippen molar-refractivity contribution in [1.29, 1.82) is 0 Å². The van der Waals surface area contributed by atoms with Crippen LogP contribution in [0.5, 0.6) is 0 Å². The Balaban J connectivity index is 2.02. The molecule has 2 N–H and O–H groups in total. The molecule has 5 heteroatoms. The molecule has 2 aliphatic rings. The third kappa shape index (κ3) is 2.59. The second-order valence-electron chi connectivity index (χ2n) is 6.76. The predicted octanol–water partition coefficient (Wildman–Crippen LogP) is 0.966. The van der Waals surface area contributed by atoms with Crippen molar-refractivity contribution in [3.63, 3.8) is 0 Å². The van der Waals surface area contributed by atoms with Gasteiger partial charge in [0.05, 0.1) is 11.8 Å². The quantitative estimate of drug-likeness (QED) is 0.736. The number of allylic oxidation sites excluding steroid dienone is 2. The van der Waals surface area contributed by atoms with Gasteiger partial charge in [-0.05, 0) is 46.2 Å². The average molecular weight is 280 g/mol.